The van der Waals surface area contributed by atoms with E-state index in [1.165, 1.54) is 12.1 Å². The molecule has 0 bridgehead atoms. The molecule has 2 N–H and O–H groups in total. The van der Waals surface area contributed by atoms with Crippen LogP contribution in [0.1, 0.15) is 24.5 Å². The summed E-state index contributed by atoms with van der Waals surface area (Å²) in [4.78, 5) is 14.2. The molecule has 1 amide bonds. The number of amides is 1. The van der Waals surface area contributed by atoms with Crippen LogP contribution in [0.15, 0.2) is 24.3 Å². The van der Waals surface area contributed by atoms with Crippen LogP contribution in [0, 0.1) is 11.7 Å². The number of rotatable bonds is 8. The molecule has 2 atom stereocenters. The van der Waals surface area contributed by atoms with Crippen LogP contribution in [0.4, 0.5) is 4.39 Å². The maximum Gasteiger partial charge on any atom is 0.246 e. The lowest BCUT2D eigenvalue weighted by Crippen LogP contribution is -2.39. The van der Waals surface area contributed by atoms with E-state index in [4.69, 9.17) is 14.7 Å². The number of hydroxylamine groups is 1. The van der Waals surface area contributed by atoms with Gasteiger partial charge in [-0.25, -0.2) is 9.87 Å². The van der Waals surface area contributed by atoms with Crippen LogP contribution in [0.25, 0.3) is 0 Å². The van der Waals surface area contributed by atoms with Crippen LogP contribution >= 0.6 is 0 Å². The van der Waals surface area contributed by atoms with Crippen molar-refractivity contribution in [3.8, 4) is 0 Å². The molecule has 24 heavy (non-hydrogen) atoms. The average Bonchev–Trinajstić information content (AvgIpc) is 2.63. The van der Waals surface area contributed by atoms with Gasteiger partial charge in [0, 0.05) is 26.1 Å². The van der Waals surface area contributed by atoms with Crippen molar-refractivity contribution in [2.24, 2.45) is 5.92 Å². The number of benzene rings is 1. The quantitative estimate of drug-likeness (QED) is 0.557. The molecule has 0 unspecified atom stereocenters. The van der Waals surface area contributed by atoms with E-state index in [9.17, 15) is 9.18 Å². The van der Waals surface area contributed by atoms with E-state index >= 15 is 0 Å². The van der Waals surface area contributed by atoms with Gasteiger partial charge in [0.1, 0.15) is 5.82 Å². The molecule has 1 saturated heterocycles. The number of carbonyl (C=O) groups is 1. The van der Waals surface area contributed by atoms with E-state index in [0.717, 1.165) is 25.2 Å². The summed E-state index contributed by atoms with van der Waals surface area (Å²) in [6, 6.07) is 6.05. The lowest BCUT2D eigenvalue weighted by molar-refractivity contribution is -0.135. The molecular weight excluding hydrogens is 315 g/mol. The fourth-order valence-corrected chi connectivity index (χ4v) is 2.91. The van der Waals surface area contributed by atoms with E-state index in [1.54, 1.807) is 24.7 Å². The highest BCUT2D eigenvalue weighted by Crippen LogP contribution is 2.27. The van der Waals surface area contributed by atoms with Gasteiger partial charge in [0.15, 0.2) is 0 Å². The molecule has 1 aromatic carbocycles. The van der Waals surface area contributed by atoms with Crippen LogP contribution in [-0.2, 0) is 14.3 Å². The van der Waals surface area contributed by atoms with Crippen molar-refractivity contribution in [1.82, 2.24) is 10.4 Å². The maximum absolute atomic E-state index is 13.1. The van der Waals surface area contributed by atoms with E-state index in [1.807, 2.05) is 0 Å². The van der Waals surface area contributed by atoms with E-state index in [0.29, 0.717) is 26.1 Å². The number of morpholine rings is 1. The van der Waals surface area contributed by atoms with Gasteiger partial charge in [0.25, 0.3) is 0 Å². The number of nitrogens with one attached hydrogen (secondary N) is 1. The van der Waals surface area contributed by atoms with E-state index in [2.05, 4.69) is 4.90 Å². The molecule has 2 rings (SSSR count). The number of methoxy groups -OCH3 is 1. The van der Waals surface area contributed by atoms with Crippen molar-refractivity contribution in [1.29, 1.82) is 0 Å². The topological polar surface area (TPSA) is 71.0 Å². The Morgan fingerprint density at radius 1 is 1.38 bits per heavy atom. The number of nitrogens with zero attached hydrogens (tertiary/aromatic N) is 1. The second kappa shape index (κ2) is 9.68. The van der Waals surface area contributed by atoms with E-state index in [-0.39, 0.29) is 11.9 Å². The largest absolute Gasteiger partial charge is 0.379 e. The van der Waals surface area contributed by atoms with Crippen molar-refractivity contribution in [2.45, 2.75) is 18.9 Å². The zero-order valence-corrected chi connectivity index (χ0v) is 13.9. The molecule has 0 spiro atoms. The molecule has 0 aromatic heterocycles. The summed E-state index contributed by atoms with van der Waals surface area (Å²) >= 11 is 0. The number of ether oxygens (including phenoxy) is 2. The van der Waals surface area contributed by atoms with Crippen molar-refractivity contribution in [2.75, 3.05) is 40.0 Å². The molecule has 1 fully saturated rings. The zero-order valence-electron chi connectivity index (χ0n) is 13.9. The first-order chi connectivity index (χ1) is 11.6. The number of carbonyl (C=O) groups excluding carboxylic acids is 1. The lowest BCUT2D eigenvalue weighted by Gasteiger charge is -2.28. The Balaban J connectivity index is 1.97. The van der Waals surface area contributed by atoms with Gasteiger partial charge in [-0.05, 0) is 37.1 Å². The Hall–Kier alpha value is -1.54. The second-order valence-electron chi connectivity index (χ2n) is 5.93. The molecule has 1 aliphatic heterocycles. The summed E-state index contributed by atoms with van der Waals surface area (Å²) in [6.45, 7) is 3.85. The van der Waals surface area contributed by atoms with Gasteiger partial charge < -0.3 is 9.47 Å². The first kappa shape index (κ1) is 18.8. The standard InChI is InChI=1S/C17H25FN2O4/c1-23-16(13-2-4-15(18)5-3-13)12-14(17(21)19-22)6-7-20-8-10-24-11-9-20/h2-5,14,16,22H,6-12H2,1H3,(H,19,21)/t14-,16+/m0/s1. The molecule has 0 aliphatic carbocycles. The van der Waals surface area contributed by atoms with Crippen molar-refractivity contribution < 1.29 is 23.9 Å². The third kappa shape index (κ3) is 5.52. The average molecular weight is 340 g/mol. The molecule has 134 valence electrons. The second-order valence-corrected chi connectivity index (χ2v) is 5.93. The van der Waals surface area contributed by atoms with Gasteiger partial charge in [0.2, 0.25) is 5.91 Å². The molecular formula is C17H25FN2O4. The molecule has 1 aliphatic rings. The Kier molecular flexibility index (Phi) is 7.58. The highest BCUT2D eigenvalue weighted by atomic mass is 19.1. The summed E-state index contributed by atoms with van der Waals surface area (Å²) in [5.41, 5.74) is 2.55. The van der Waals surface area contributed by atoms with Crippen LogP contribution in [0.2, 0.25) is 0 Å². The minimum Gasteiger partial charge on any atom is -0.379 e. The molecule has 6 nitrogen and oxygen atoms in total. The third-order valence-electron chi connectivity index (χ3n) is 4.40. The van der Waals surface area contributed by atoms with Crippen LogP contribution < -0.4 is 5.48 Å². The molecule has 1 aromatic rings. The smallest absolute Gasteiger partial charge is 0.246 e. The predicted molar refractivity (Wildman–Crippen MR) is 86.1 cm³/mol. The highest BCUT2D eigenvalue weighted by molar-refractivity contribution is 5.77. The summed E-state index contributed by atoms with van der Waals surface area (Å²) in [5, 5.41) is 9.01. The summed E-state index contributed by atoms with van der Waals surface area (Å²) < 4.78 is 23.9. The van der Waals surface area contributed by atoms with Gasteiger partial charge >= 0.3 is 0 Å². The Labute approximate surface area is 141 Å². The van der Waals surface area contributed by atoms with Gasteiger partial charge in [0.05, 0.1) is 19.3 Å². The monoisotopic (exact) mass is 340 g/mol. The van der Waals surface area contributed by atoms with Crippen molar-refractivity contribution >= 4 is 5.91 Å². The third-order valence-corrected chi connectivity index (χ3v) is 4.40. The maximum atomic E-state index is 13.1. The van der Waals surface area contributed by atoms with Gasteiger partial charge in [-0.3, -0.25) is 14.9 Å². The van der Waals surface area contributed by atoms with Crippen LogP contribution in [0.3, 0.4) is 0 Å². The lowest BCUT2D eigenvalue weighted by atomic mass is 9.93. The number of halogens is 1. The summed E-state index contributed by atoms with van der Waals surface area (Å²) in [7, 11) is 1.56. The molecule has 0 saturated carbocycles. The number of hydrogen-bond acceptors (Lipinski definition) is 5. The minimum atomic E-state index is -0.424. The fourth-order valence-electron chi connectivity index (χ4n) is 2.91. The highest BCUT2D eigenvalue weighted by Gasteiger charge is 2.25. The molecule has 1 heterocycles. The SMILES string of the molecule is CO[C@H](C[C@H](CCN1CCOCC1)C(=O)NO)c1ccc(F)cc1. The Bertz CT molecular complexity index is 506. The van der Waals surface area contributed by atoms with Gasteiger partial charge in [-0.15, -0.1) is 0 Å². The molecule has 7 heteroatoms. The first-order valence-corrected chi connectivity index (χ1v) is 8.16. The van der Waals surface area contributed by atoms with Crippen LogP contribution in [-0.4, -0.2) is 56.0 Å². The predicted octanol–water partition coefficient (Wildman–Crippen LogP) is 1.75. The summed E-state index contributed by atoms with van der Waals surface area (Å²) in [6.07, 6.45) is 0.685. The fraction of sp³-hybridized carbons (Fsp3) is 0.588. The van der Waals surface area contributed by atoms with Crippen molar-refractivity contribution in [3.63, 3.8) is 0 Å². The van der Waals surface area contributed by atoms with Gasteiger partial charge in [-0.1, -0.05) is 12.1 Å². The van der Waals surface area contributed by atoms with Crippen LogP contribution in [0.5, 0.6) is 0 Å². The molecule has 0 radical (unpaired) electrons. The summed E-state index contributed by atoms with van der Waals surface area (Å²) in [5.74, 6) is -1.13. The first-order valence-electron chi connectivity index (χ1n) is 8.16. The Morgan fingerprint density at radius 2 is 2.04 bits per heavy atom. The van der Waals surface area contributed by atoms with Gasteiger partial charge in [-0.2, -0.15) is 0 Å². The zero-order chi connectivity index (χ0) is 17.4. The van der Waals surface area contributed by atoms with E-state index < -0.39 is 11.8 Å². The van der Waals surface area contributed by atoms with Crippen molar-refractivity contribution in [3.05, 3.63) is 35.6 Å². The Morgan fingerprint density at radius 3 is 2.62 bits per heavy atom. The minimum absolute atomic E-state index is 0.314. The number of hydrogen-bond donors (Lipinski definition) is 2. The normalized spacial score (nSPS) is 18.1.